The molecule has 2 aromatic carbocycles. The van der Waals surface area contributed by atoms with Gasteiger partial charge in [0.05, 0.1) is 18.4 Å². The van der Waals surface area contributed by atoms with Gasteiger partial charge in [-0.15, -0.1) is 0 Å². The zero-order valence-electron chi connectivity index (χ0n) is 15.7. The van der Waals surface area contributed by atoms with Gasteiger partial charge in [0, 0.05) is 18.2 Å². The molecule has 28 heavy (non-hydrogen) atoms. The molecule has 0 aromatic heterocycles. The van der Waals surface area contributed by atoms with Crippen molar-refractivity contribution >= 4 is 34.9 Å². The summed E-state index contributed by atoms with van der Waals surface area (Å²) in [6, 6.07) is 10.7. The summed E-state index contributed by atoms with van der Waals surface area (Å²) in [5.74, 6) is -1.20. The molecular formula is C20H20N2O6. The Balaban J connectivity index is 2.05. The fraction of sp³-hybridized carbons (Fsp3) is 0.200. The number of nitrogens with one attached hydrogen (secondary N) is 2. The Morgan fingerprint density at radius 3 is 2.11 bits per heavy atom. The molecule has 146 valence electrons. The first-order chi connectivity index (χ1) is 13.3. The third-order valence-electron chi connectivity index (χ3n) is 3.65. The van der Waals surface area contributed by atoms with Crippen molar-refractivity contribution in [2.75, 3.05) is 24.4 Å². The van der Waals surface area contributed by atoms with Crippen LogP contribution in [0, 0.1) is 0 Å². The zero-order chi connectivity index (χ0) is 20.7. The second-order valence-corrected chi connectivity index (χ2v) is 5.85. The van der Waals surface area contributed by atoms with E-state index in [9.17, 15) is 19.2 Å². The van der Waals surface area contributed by atoms with Gasteiger partial charge in [-0.05, 0) is 49.4 Å². The Hall–Kier alpha value is -3.68. The zero-order valence-corrected chi connectivity index (χ0v) is 15.7. The fourth-order valence-electron chi connectivity index (χ4n) is 2.30. The maximum Gasteiger partial charge on any atom is 0.337 e. The predicted molar refractivity (Wildman–Crippen MR) is 103 cm³/mol. The van der Waals surface area contributed by atoms with Crippen LogP contribution in [0.25, 0.3) is 0 Å². The van der Waals surface area contributed by atoms with Crippen LogP contribution in [0.1, 0.15) is 34.6 Å². The highest BCUT2D eigenvalue weighted by Crippen LogP contribution is 2.26. The van der Waals surface area contributed by atoms with Crippen molar-refractivity contribution in [3.05, 3.63) is 53.6 Å². The van der Waals surface area contributed by atoms with Gasteiger partial charge in [-0.25, -0.2) is 4.79 Å². The van der Waals surface area contributed by atoms with E-state index in [1.165, 1.54) is 45.2 Å². The lowest BCUT2D eigenvalue weighted by atomic mass is 10.1. The second kappa shape index (κ2) is 9.31. The van der Waals surface area contributed by atoms with Crippen LogP contribution < -0.4 is 15.4 Å². The summed E-state index contributed by atoms with van der Waals surface area (Å²) >= 11 is 0. The summed E-state index contributed by atoms with van der Waals surface area (Å²) < 4.78 is 10.1. The van der Waals surface area contributed by atoms with Crippen LogP contribution >= 0.6 is 0 Å². The molecule has 0 spiro atoms. The normalized spacial score (nSPS) is 9.96. The molecule has 2 rings (SSSR count). The molecule has 0 saturated heterocycles. The quantitative estimate of drug-likeness (QED) is 0.561. The van der Waals surface area contributed by atoms with Gasteiger partial charge < -0.3 is 20.1 Å². The predicted octanol–water partition coefficient (Wildman–Crippen LogP) is 2.65. The van der Waals surface area contributed by atoms with Crippen LogP contribution in [0.4, 0.5) is 11.4 Å². The summed E-state index contributed by atoms with van der Waals surface area (Å²) in [6.45, 7) is 2.40. The number of esters is 1. The number of amides is 2. The van der Waals surface area contributed by atoms with Gasteiger partial charge >= 0.3 is 5.97 Å². The molecular weight excluding hydrogens is 364 g/mol. The average molecular weight is 384 g/mol. The fourth-order valence-corrected chi connectivity index (χ4v) is 2.30. The minimum absolute atomic E-state index is 0.172. The number of carbonyl (C=O) groups excluding carboxylic acids is 4. The molecule has 2 aromatic rings. The van der Waals surface area contributed by atoms with E-state index in [-0.39, 0.29) is 24.0 Å². The van der Waals surface area contributed by atoms with Crippen LogP contribution in [-0.4, -0.2) is 37.3 Å². The molecule has 0 aliphatic heterocycles. The lowest BCUT2D eigenvalue weighted by Gasteiger charge is -2.13. The van der Waals surface area contributed by atoms with Crippen molar-refractivity contribution in [1.29, 1.82) is 0 Å². The highest BCUT2D eigenvalue weighted by molar-refractivity contribution is 5.97. The largest absolute Gasteiger partial charge is 0.482 e. The van der Waals surface area contributed by atoms with Gasteiger partial charge in [-0.3, -0.25) is 14.4 Å². The minimum Gasteiger partial charge on any atom is -0.482 e. The summed E-state index contributed by atoms with van der Waals surface area (Å²) in [6.07, 6.45) is 0. The number of anilines is 2. The number of ether oxygens (including phenoxy) is 2. The Labute approximate surface area is 161 Å². The Morgan fingerprint density at radius 2 is 1.54 bits per heavy atom. The first-order valence-corrected chi connectivity index (χ1v) is 8.33. The topological polar surface area (TPSA) is 111 Å². The van der Waals surface area contributed by atoms with E-state index in [0.29, 0.717) is 22.5 Å². The van der Waals surface area contributed by atoms with Crippen molar-refractivity contribution in [1.82, 2.24) is 0 Å². The molecule has 0 fully saturated rings. The number of Topliss-reactive ketones (excluding diaryl/α,β-unsaturated/α-hetero) is 1. The van der Waals surface area contributed by atoms with Gasteiger partial charge in [0.25, 0.3) is 5.91 Å². The number of methoxy groups -OCH3 is 1. The molecule has 8 heteroatoms. The van der Waals surface area contributed by atoms with Gasteiger partial charge in [0.1, 0.15) is 5.75 Å². The summed E-state index contributed by atoms with van der Waals surface area (Å²) in [5, 5.41) is 5.21. The summed E-state index contributed by atoms with van der Waals surface area (Å²) in [7, 11) is 1.28. The van der Waals surface area contributed by atoms with E-state index in [2.05, 4.69) is 15.4 Å². The molecule has 0 aliphatic rings. The number of carbonyl (C=O) groups is 4. The molecule has 0 unspecified atom stereocenters. The molecule has 0 atom stereocenters. The van der Waals surface area contributed by atoms with E-state index >= 15 is 0 Å². The van der Waals surface area contributed by atoms with Gasteiger partial charge in [0.2, 0.25) is 5.91 Å². The Kier molecular flexibility index (Phi) is 6.86. The third kappa shape index (κ3) is 5.66. The third-order valence-corrected chi connectivity index (χ3v) is 3.65. The number of rotatable bonds is 7. The van der Waals surface area contributed by atoms with Crippen molar-refractivity contribution in [3.8, 4) is 5.75 Å². The Morgan fingerprint density at radius 1 is 0.893 bits per heavy atom. The smallest absolute Gasteiger partial charge is 0.337 e. The molecule has 0 bridgehead atoms. The molecule has 0 radical (unpaired) electrons. The number of hydrogen-bond donors (Lipinski definition) is 2. The Bertz CT molecular complexity index is 905. The minimum atomic E-state index is -0.475. The first-order valence-electron chi connectivity index (χ1n) is 8.33. The molecule has 0 saturated carbocycles. The lowest BCUT2D eigenvalue weighted by molar-refractivity contribution is -0.118. The van der Waals surface area contributed by atoms with Crippen LogP contribution in [-0.2, 0) is 14.3 Å². The highest BCUT2D eigenvalue weighted by Gasteiger charge is 2.12. The summed E-state index contributed by atoms with van der Waals surface area (Å²) in [4.78, 5) is 46.4. The molecule has 2 N–H and O–H groups in total. The SMILES string of the molecule is COC(=O)c1ccc(NC(=O)COc2cc(C(C)=O)ccc2NC(C)=O)cc1. The van der Waals surface area contributed by atoms with E-state index in [4.69, 9.17) is 4.74 Å². The van der Waals surface area contributed by atoms with Crippen LogP contribution in [0.2, 0.25) is 0 Å². The lowest BCUT2D eigenvalue weighted by Crippen LogP contribution is -2.21. The molecule has 2 amide bonds. The maximum atomic E-state index is 12.1. The maximum absolute atomic E-state index is 12.1. The van der Waals surface area contributed by atoms with Gasteiger partial charge in [-0.2, -0.15) is 0 Å². The first kappa shape index (κ1) is 20.6. The molecule has 0 aliphatic carbocycles. The highest BCUT2D eigenvalue weighted by atomic mass is 16.5. The van der Waals surface area contributed by atoms with E-state index < -0.39 is 11.9 Å². The van der Waals surface area contributed by atoms with Gasteiger partial charge in [-0.1, -0.05) is 0 Å². The second-order valence-electron chi connectivity index (χ2n) is 5.85. The monoisotopic (exact) mass is 384 g/mol. The van der Waals surface area contributed by atoms with Crippen LogP contribution in [0.15, 0.2) is 42.5 Å². The standard InChI is InChI=1S/C20H20N2O6/c1-12(23)15-6-9-17(21-13(2)24)18(10-15)28-11-19(25)22-16-7-4-14(5-8-16)20(26)27-3/h4-10H,11H2,1-3H3,(H,21,24)(H,22,25). The number of benzene rings is 2. The van der Waals surface area contributed by atoms with Gasteiger partial charge in [0.15, 0.2) is 12.4 Å². The molecule has 0 heterocycles. The number of ketones is 1. The van der Waals surface area contributed by atoms with Crippen molar-refractivity contribution < 1.29 is 28.7 Å². The van der Waals surface area contributed by atoms with E-state index in [1.807, 2.05) is 0 Å². The molecule has 8 nitrogen and oxygen atoms in total. The summed E-state index contributed by atoms with van der Waals surface area (Å²) in [5.41, 5.74) is 1.58. The van der Waals surface area contributed by atoms with Crippen molar-refractivity contribution in [2.24, 2.45) is 0 Å². The van der Waals surface area contributed by atoms with E-state index in [0.717, 1.165) is 0 Å². The van der Waals surface area contributed by atoms with Crippen molar-refractivity contribution in [3.63, 3.8) is 0 Å². The van der Waals surface area contributed by atoms with Crippen LogP contribution in [0.5, 0.6) is 5.75 Å². The average Bonchev–Trinajstić information content (AvgIpc) is 2.66. The van der Waals surface area contributed by atoms with E-state index in [1.54, 1.807) is 18.2 Å². The van der Waals surface area contributed by atoms with Crippen molar-refractivity contribution in [2.45, 2.75) is 13.8 Å². The number of hydrogen-bond acceptors (Lipinski definition) is 6. The van der Waals surface area contributed by atoms with Crippen LogP contribution in [0.3, 0.4) is 0 Å².